The quantitative estimate of drug-likeness (QED) is 0.805. The number of hydrogen-bond donors (Lipinski definition) is 2. The first-order valence-corrected chi connectivity index (χ1v) is 7.09. The smallest absolute Gasteiger partial charge is 0.254 e. The Morgan fingerprint density at radius 1 is 1.35 bits per heavy atom. The summed E-state index contributed by atoms with van der Waals surface area (Å²) in [6.45, 7) is 4.66. The van der Waals surface area contributed by atoms with Crippen LogP contribution in [0.15, 0.2) is 24.3 Å². The largest absolute Gasteiger partial charge is 0.395 e. The fraction of sp³-hybridized carbons (Fsp3) is 0.533. The fourth-order valence-electron chi connectivity index (χ4n) is 2.45. The zero-order valence-corrected chi connectivity index (χ0v) is 12.0. The van der Waals surface area contributed by atoms with Gasteiger partial charge in [0.05, 0.1) is 6.61 Å². The fourth-order valence-corrected chi connectivity index (χ4v) is 2.45. The predicted molar refractivity (Wildman–Crippen MR) is 78.6 cm³/mol. The van der Waals surface area contributed by atoms with Gasteiger partial charge in [-0.25, -0.2) is 0 Å². The summed E-state index contributed by atoms with van der Waals surface area (Å²) >= 11 is 0. The van der Waals surface area contributed by atoms with E-state index in [2.05, 4.69) is 5.32 Å². The molecule has 0 radical (unpaired) electrons. The van der Waals surface area contributed by atoms with E-state index in [0.29, 0.717) is 13.1 Å². The van der Waals surface area contributed by atoms with Crippen molar-refractivity contribution in [3.63, 3.8) is 0 Å². The van der Waals surface area contributed by atoms with Crippen molar-refractivity contribution in [2.45, 2.75) is 6.54 Å². The maximum Gasteiger partial charge on any atom is 0.254 e. The molecule has 20 heavy (non-hydrogen) atoms. The summed E-state index contributed by atoms with van der Waals surface area (Å²) in [4.78, 5) is 16.5. The average molecular weight is 277 g/mol. The Morgan fingerprint density at radius 3 is 2.75 bits per heavy atom. The highest BCUT2D eigenvalue weighted by Crippen LogP contribution is 2.14. The lowest BCUT2D eigenvalue weighted by molar-refractivity contribution is 0.0733. The number of amides is 1. The maximum absolute atomic E-state index is 12.6. The molecule has 0 atom stereocenters. The summed E-state index contributed by atoms with van der Waals surface area (Å²) in [6.07, 6.45) is 0. The van der Waals surface area contributed by atoms with Gasteiger partial charge < -0.3 is 15.3 Å². The van der Waals surface area contributed by atoms with Crippen LogP contribution in [0.2, 0.25) is 0 Å². The normalized spacial score (nSPS) is 15.7. The predicted octanol–water partition coefficient (Wildman–Crippen LogP) is 0.156. The highest BCUT2D eigenvalue weighted by Gasteiger charge is 2.20. The van der Waals surface area contributed by atoms with E-state index in [9.17, 15) is 4.79 Å². The number of benzene rings is 1. The molecule has 0 unspecified atom stereocenters. The number of piperazine rings is 1. The van der Waals surface area contributed by atoms with Crippen molar-refractivity contribution < 1.29 is 9.90 Å². The molecule has 0 aliphatic carbocycles. The first-order valence-electron chi connectivity index (χ1n) is 7.09. The molecule has 5 nitrogen and oxygen atoms in total. The van der Waals surface area contributed by atoms with Crippen LogP contribution in [0, 0.1) is 0 Å². The van der Waals surface area contributed by atoms with Crippen LogP contribution in [-0.2, 0) is 6.54 Å². The van der Waals surface area contributed by atoms with Crippen molar-refractivity contribution in [1.82, 2.24) is 15.1 Å². The minimum absolute atomic E-state index is 0.111. The first kappa shape index (κ1) is 15.0. The van der Waals surface area contributed by atoms with Crippen molar-refractivity contribution in [2.24, 2.45) is 0 Å². The number of aliphatic hydroxyl groups is 1. The lowest BCUT2D eigenvalue weighted by atomic mass is 10.1. The Kier molecular flexibility index (Phi) is 5.52. The molecule has 0 bridgehead atoms. The first-order chi connectivity index (χ1) is 9.72. The number of nitrogens with one attached hydrogen (secondary N) is 1. The van der Waals surface area contributed by atoms with Gasteiger partial charge in [0.2, 0.25) is 0 Å². The molecule has 1 saturated heterocycles. The molecular weight excluding hydrogens is 254 g/mol. The lowest BCUT2D eigenvalue weighted by Crippen LogP contribution is -2.46. The Labute approximate surface area is 120 Å². The van der Waals surface area contributed by atoms with Crippen LogP contribution in [0.5, 0.6) is 0 Å². The molecule has 1 aromatic carbocycles. The number of carbonyl (C=O) groups excluding carboxylic acids is 1. The molecule has 1 aliphatic rings. The molecule has 2 N–H and O–H groups in total. The highest BCUT2D eigenvalue weighted by molar-refractivity contribution is 5.95. The Bertz CT molecular complexity index is 444. The van der Waals surface area contributed by atoms with Crippen LogP contribution in [0.4, 0.5) is 0 Å². The van der Waals surface area contributed by atoms with E-state index >= 15 is 0 Å². The Morgan fingerprint density at radius 2 is 2.05 bits per heavy atom. The van der Waals surface area contributed by atoms with Crippen molar-refractivity contribution in [2.75, 3.05) is 46.4 Å². The molecule has 1 fully saturated rings. The minimum Gasteiger partial charge on any atom is -0.395 e. The number of aliphatic hydroxyl groups excluding tert-OH is 1. The number of hydrogen-bond acceptors (Lipinski definition) is 4. The third-order valence-corrected chi connectivity index (χ3v) is 3.57. The van der Waals surface area contributed by atoms with Crippen LogP contribution in [0.3, 0.4) is 0 Å². The number of nitrogens with zero attached hydrogens (tertiary/aromatic N) is 2. The molecular formula is C15H23N3O2. The van der Waals surface area contributed by atoms with Crippen molar-refractivity contribution >= 4 is 5.91 Å². The van der Waals surface area contributed by atoms with Crippen LogP contribution >= 0.6 is 0 Å². The van der Waals surface area contributed by atoms with Crippen LogP contribution in [0.1, 0.15) is 15.9 Å². The molecule has 1 aliphatic heterocycles. The van der Waals surface area contributed by atoms with Gasteiger partial charge in [0.15, 0.2) is 0 Å². The standard InChI is InChI=1S/C15H23N3O2/c1-17(10-11-19)12-13-4-2-3-5-14(13)15(20)18-8-6-16-7-9-18/h2-5,16,19H,6-12H2,1H3. The molecule has 0 aromatic heterocycles. The van der Waals surface area contributed by atoms with Crippen LogP contribution in [-0.4, -0.2) is 67.2 Å². The Balaban J connectivity index is 2.11. The van der Waals surface area contributed by atoms with Gasteiger partial charge in [-0.05, 0) is 18.7 Å². The molecule has 0 spiro atoms. The summed E-state index contributed by atoms with van der Waals surface area (Å²) in [7, 11) is 1.95. The highest BCUT2D eigenvalue weighted by atomic mass is 16.3. The number of likely N-dealkylation sites (N-methyl/N-ethyl adjacent to an activating group) is 1. The number of rotatable bonds is 5. The second-order valence-electron chi connectivity index (χ2n) is 5.16. The van der Waals surface area contributed by atoms with Gasteiger partial charge in [0, 0.05) is 44.8 Å². The topological polar surface area (TPSA) is 55.8 Å². The number of carbonyl (C=O) groups is 1. The molecule has 1 amide bonds. The molecule has 0 saturated carbocycles. The molecule has 1 heterocycles. The third kappa shape index (κ3) is 3.79. The van der Waals surface area contributed by atoms with Gasteiger partial charge in [-0.1, -0.05) is 18.2 Å². The summed E-state index contributed by atoms with van der Waals surface area (Å²) < 4.78 is 0. The van der Waals surface area contributed by atoms with Gasteiger partial charge in [-0.2, -0.15) is 0 Å². The summed E-state index contributed by atoms with van der Waals surface area (Å²) in [5, 5.41) is 12.2. The molecule has 110 valence electrons. The maximum atomic E-state index is 12.6. The average Bonchev–Trinajstić information content (AvgIpc) is 2.48. The summed E-state index contributed by atoms with van der Waals surface area (Å²) in [6, 6.07) is 7.75. The van der Waals surface area contributed by atoms with Gasteiger partial charge in [-0.15, -0.1) is 0 Å². The van der Waals surface area contributed by atoms with E-state index in [1.807, 2.05) is 41.1 Å². The summed E-state index contributed by atoms with van der Waals surface area (Å²) in [5.74, 6) is 0.111. The van der Waals surface area contributed by atoms with E-state index < -0.39 is 0 Å². The van der Waals surface area contributed by atoms with Gasteiger partial charge in [0.25, 0.3) is 5.91 Å². The van der Waals surface area contributed by atoms with Gasteiger partial charge in [0.1, 0.15) is 0 Å². The molecule has 1 aromatic rings. The van der Waals surface area contributed by atoms with E-state index in [4.69, 9.17) is 5.11 Å². The van der Waals surface area contributed by atoms with Crippen LogP contribution < -0.4 is 5.32 Å². The lowest BCUT2D eigenvalue weighted by Gasteiger charge is -2.28. The van der Waals surface area contributed by atoms with Gasteiger partial charge in [-0.3, -0.25) is 9.69 Å². The van der Waals surface area contributed by atoms with Crippen molar-refractivity contribution in [3.05, 3.63) is 35.4 Å². The van der Waals surface area contributed by atoms with Gasteiger partial charge >= 0.3 is 0 Å². The SMILES string of the molecule is CN(CCO)Cc1ccccc1C(=O)N1CCNCC1. The molecule has 5 heteroatoms. The summed E-state index contributed by atoms with van der Waals surface area (Å²) in [5.41, 5.74) is 1.80. The van der Waals surface area contributed by atoms with E-state index in [1.54, 1.807) is 0 Å². The van der Waals surface area contributed by atoms with Crippen molar-refractivity contribution in [3.8, 4) is 0 Å². The second kappa shape index (κ2) is 7.38. The monoisotopic (exact) mass is 277 g/mol. The van der Waals surface area contributed by atoms with Crippen molar-refractivity contribution in [1.29, 1.82) is 0 Å². The third-order valence-electron chi connectivity index (χ3n) is 3.57. The zero-order valence-electron chi connectivity index (χ0n) is 12.0. The molecule has 2 rings (SSSR count). The van der Waals surface area contributed by atoms with Crippen LogP contribution in [0.25, 0.3) is 0 Å². The van der Waals surface area contributed by atoms with E-state index in [0.717, 1.165) is 37.3 Å². The Hall–Kier alpha value is -1.43. The van der Waals surface area contributed by atoms with E-state index in [-0.39, 0.29) is 12.5 Å². The second-order valence-corrected chi connectivity index (χ2v) is 5.16. The zero-order chi connectivity index (χ0) is 14.4. The minimum atomic E-state index is 0.111. The van der Waals surface area contributed by atoms with E-state index in [1.165, 1.54) is 0 Å².